The molecule has 3 nitrogen and oxygen atoms in total. The van der Waals surface area contributed by atoms with Crippen molar-refractivity contribution in [2.75, 3.05) is 5.32 Å². The van der Waals surface area contributed by atoms with Gasteiger partial charge in [-0.3, -0.25) is 0 Å². The number of fused-ring (bicyclic) bond motifs is 1. The minimum absolute atomic E-state index is 0.448. The van der Waals surface area contributed by atoms with E-state index in [-0.39, 0.29) is 0 Å². The van der Waals surface area contributed by atoms with E-state index < -0.39 is 11.1 Å². The molecular weight excluding hydrogens is 232 g/mol. The number of aliphatic hydroxyl groups is 1. The fraction of sp³-hybridized carbons (Fsp3) is 0.462. The molecule has 0 aromatic carbocycles. The van der Waals surface area contributed by atoms with Crippen molar-refractivity contribution < 1.29 is 5.11 Å². The van der Waals surface area contributed by atoms with Crippen LogP contribution in [0.1, 0.15) is 27.7 Å². The van der Waals surface area contributed by atoms with Gasteiger partial charge in [0.05, 0.1) is 11.1 Å². The fourth-order valence-corrected chi connectivity index (χ4v) is 2.23. The zero-order chi connectivity index (χ0) is 12.7. The lowest BCUT2D eigenvalue weighted by molar-refractivity contribution is 0.0239. The van der Waals surface area contributed by atoms with Crippen LogP contribution in [0.3, 0.4) is 0 Å². The molecule has 0 saturated heterocycles. The average molecular weight is 250 g/mol. The van der Waals surface area contributed by atoms with E-state index in [1.54, 1.807) is 31.4 Å². The molecule has 2 aromatic rings. The molecule has 2 heterocycles. The fourth-order valence-electron chi connectivity index (χ4n) is 1.44. The molecule has 0 atom stereocenters. The Kier molecular flexibility index (Phi) is 2.87. The van der Waals surface area contributed by atoms with Crippen LogP contribution in [0.4, 0.5) is 5.82 Å². The topological polar surface area (TPSA) is 45.1 Å². The van der Waals surface area contributed by atoms with Crippen molar-refractivity contribution in [3.63, 3.8) is 0 Å². The van der Waals surface area contributed by atoms with Crippen molar-refractivity contribution in [1.82, 2.24) is 4.98 Å². The van der Waals surface area contributed by atoms with Gasteiger partial charge in [0.1, 0.15) is 5.82 Å². The van der Waals surface area contributed by atoms with Gasteiger partial charge in [0.2, 0.25) is 0 Å². The molecule has 0 amide bonds. The molecule has 2 rings (SSSR count). The number of hydrogen-bond donors (Lipinski definition) is 2. The van der Waals surface area contributed by atoms with Crippen molar-refractivity contribution in [1.29, 1.82) is 0 Å². The van der Waals surface area contributed by atoms with Crippen molar-refractivity contribution in [3.05, 3.63) is 23.7 Å². The van der Waals surface area contributed by atoms with Crippen LogP contribution in [-0.4, -0.2) is 21.2 Å². The lowest BCUT2D eigenvalue weighted by atomic mass is 9.86. The summed E-state index contributed by atoms with van der Waals surface area (Å²) in [6.07, 6.45) is 1.79. The Bertz CT molecular complexity index is 525. The number of hydrogen-bond acceptors (Lipinski definition) is 4. The molecule has 2 aromatic heterocycles. The second-order valence-electron chi connectivity index (χ2n) is 5.30. The first kappa shape index (κ1) is 12.3. The van der Waals surface area contributed by atoms with E-state index in [1.165, 1.54) is 4.70 Å². The van der Waals surface area contributed by atoms with E-state index in [0.717, 1.165) is 11.2 Å². The zero-order valence-corrected chi connectivity index (χ0v) is 11.4. The largest absolute Gasteiger partial charge is 0.388 e. The van der Waals surface area contributed by atoms with Crippen molar-refractivity contribution in [3.8, 4) is 0 Å². The third kappa shape index (κ3) is 2.28. The molecule has 0 bridgehead atoms. The summed E-state index contributed by atoms with van der Waals surface area (Å²) in [5, 5.41) is 16.6. The van der Waals surface area contributed by atoms with Crippen LogP contribution >= 0.6 is 11.3 Å². The van der Waals surface area contributed by atoms with Gasteiger partial charge < -0.3 is 10.4 Å². The number of aromatic nitrogens is 1. The van der Waals surface area contributed by atoms with Crippen LogP contribution in [0.2, 0.25) is 0 Å². The molecule has 2 N–H and O–H groups in total. The summed E-state index contributed by atoms with van der Waals surface area (Å²) in [6.45, 7) is 7.54. The molecular formula is C13H18N2OS. The monoisotopic (exact) mass is 250 g/mol. The predicted molar refractivity (Wildman–Crippen MR) is 73.6 cm³/mol. The Hall–Kier alpha value is -1.13. The first-order valence-corrected chi connectivity index (χ1v) is 6.52. The van der Waals surface area contributed by atoms with Gasteiger partial charge >= 0.3 is 0 Å². The smallest absolute Gasteiger partial charge is 0.135 e. The van der Waals surface area contributed by atoms with E-state index in [9.17, 15) is 5.11 Å². The highest BCUT2D eigenvalue weighted by Gasteiger charge is 2.35. The Morgan fingerprint density at radius 1 is 1.24 bits per heavy atom. The Balaban J connectivity index is 2.39. The van der Waals surface area contributed by atoms with Gasteiger partial charge in [-0.1, -0.05) is 0 Å². The van der Waals surface area contributed by atoms with Crippen LogP contribution < -0.4 is 5.32 Å². The zero-order valence-electron chi connectivity index (χ0n) is 10.6. The summed E-state index contributed by atoms with van der Waals surface area (Å²) < 4.78 is 1.20. The standard InChI is InChI=1S/C13H18N2OS/c1-12(2,13(3,4)16)15-11-9-6-8-17-10(9)5-7-14-11/h5-8,16H,1-4H3,(H,14,15). The summed E-state index contributed by atoms with van der Waals surface area (Å²) >= 11 is 1.69. The minimum Gasteiger partial charge on any atom is -0.388 e. The lowest BCUT2D eigenvalue weighted by Gasteiger charge is -2.38. The molecule has 0 aliphatic carbocycles. The molecule has 0 unspecified atom stereocenters. The maximum Gasteiger partial charge on any atom is 0.135 e. The van der Waals surface area contributed by atoms with Gasteiger partial charge in [-0.05, 0) is 45.2 Å². The number of anilines is 1. The van der Waals surface area contributed by atoms with Gasteiger partial charge in [-0.15, -0.1) is 11.3 Å². The summed E-state index contributed by atoms with van der Waals surface area (Å²) in [4.78, 5) is 4.36. The van der Waals surface area contributed by atoms with Gasteiger partial charge in [-0.2, -0.15) is 0 Å². The summed E-state index contributed by atoms with van der Waals surface area (Å²) in [5.41, 5.74) is -1.27. The molecule has 0 spiro atoms. The number of nitrogens with zero attached hydrogens (tertiary/aromatic N) is 1. The molecule has 0 aliphatic rings. The molecule has 0 aliphatic heterocycles. The van der Waals surface area contributed by atoms with Crippen LogP contribution in [0.25, 0.3) is 10.1 Å². The minimum atomic E-state index is -0.827. The van der Waals surface area contributed by atoms with E-state index in [0.29, 0.717) is 0 Å². The highest BCUT2D eigenvalue weighted by Crippen LogP contribution is 2.31. The lowest BCUT2D eigenvalue weighted by Crippen LogP contribution is -2.51. The number of rotatable bonds is 3. The number of thiophene rings is 1. The molecule has 92 valence electrons. The quantitative estimate of drug-likeness (QED) is 0.879. The molecule has 0 saturated carbocycles. The van der Waals surface area contributed by atoms with E-state index in [2.05, 4.69) is 21.7 Å². The van der Waals surface area contributed by atoms with Gasteiger partial charge in [-0.25, -0.2) is 4.98 Å². The average Bonchev–Trinajstić information content (AvgIpc) is 2.64. The van der Waals surface area contributed by atoms with Gasteiger partial charge in [0.25, 0.3) is 0 Å². The SMILES string of the molecule is CC(C)(O)C(C)(C)Nc1nccc2sccc12. The maximum atomic E-state index is 10.1. The summed E-state index contributed by atoms with van der Waals surface area (Å²) in [7, 11) is 0. The molecule has 4 heteroatoms. The first-order valence-electron chi connectivity index (χ1n) is 5.64. The van der Waals surface area contributed by atoms with E-state index in [1.807, 2.05) is 19.9 Å². The predicted octanol–water partition coefficient (Wildman–Crippen LogP) is 3.26. The van der Waals surface area contributed by atoms with Crippen LogP contribution in [0.15, 0.2) is 23.7 Å². The second kappa shape index (κ2) is 3.96. The van der Waals surface area contributed by atoms with E-state index >= 15 is 0 Å². The van der Waals surface area contributed by atoms with Crippen LogP contribution in [-0.2, 0) is 0 Å². The normalized spacial score (nSPS) is 13.0. The van der Waals surface area contributed by atoms with Gasteiger partial charge in [0, 0.05) is 16.3 Å². The summed E-state index contributed by atoms with van der Waals surface area (Å²) in [5.74, 6) is 0.830. The third-order valence-corrected chi connectivity index (χ3v) is 4.22. The van der Waals surface area contributed by atoms with Crippen LogP contribution in [0.5, 0.6) is 0 Å². The highest BCUT2D eigenvalue weighted by atomic mass is 32.1. The Morgan fingerprint density at radius 3 is 2.59 bits per heavy atom. The second-order valence-corrected chi connectivity index (χ2v) is 6.25. The van der Waals surface area contributed by atoms with Crippen molar-refractivity contribution in [2.24, 2.45) is 0 Å². The highest BCUT2D eigenvalue weighted by molar-refractivity contribution is 7.17. The molecule has 0 fully saturated rings. The van der Waals surface area contributed by atoms with Gasteiger partial charge in [0.15, 0.2) is 0 Å². The third-order valence-electron chi connectivity index (χ3n) is 3.34. The number of nitrogens with one attached hydrogen (secondary N) is 1. The summed E-state index contributed by atoms with van der Waals surface area (Å²) in [6, 6.07) is 4.05. The Labute approximate surface area is 106 Å². The van der Waals surface area contributed by atoms with E-state index in [4.69, 9.17) is 0 Å². The number of pyridine rings is 1. The Morgan fingerprint density at radius 2 is 1.94 bits per heavy atom. The van der Waals surface area contributed by atoms with Crippen molar-refractivity contribution in [2.45, 2.75) is 38.8 Å². The maximum absolute atomic E-state index is 10.1. The molecule has 0 radical (unpaired) electrons. The molecule has 17 heavy (non-hydrogen) atoms. The van der Waals surface area contributed by atoms with Crippen molar-refractivity contribution >= 4 is 27.2 Å². The first-order chi connectivity index (χ1) is 7.81. The van der Waals surface area contributed by atoms with Crippen LogP contribution in [0, 0.1) is 0 Å².